The highest BCUT2D eigenvalue weighted by Crippen LogP contribution is 2.25. The summed E-state index contributed by atoms with van der Waals surface area (Å²) in [6.45, 7) is 1.72. The predicted octanol–water partition coefficient (Wildman–Crippen LogP) is 2.52. The van der Waals surface area contributed by atoms with Crippen LogP contribution in [0.5, 0.6) is 0 Å². The van der Waals surface area contributed by atoms with Crippen molar-refractivity contribution in [1.82, 2.24) is 15.5 Å². The number of benzene rings is 1. The first-order valence-electron chi connectivity index (χ1n) is 7.82. The van der Waals surface area contributed by atoms with E-state index in [0.29, 0.717) is 11.4 Å². The average molecular weight is 325 g/mol. The van der Waals surface area contributed by atoms with Gasteiger partial charge >= 0.3 is 0 Å². The number of carbonyl (C=O) groups is 1. The van der Waals surface area contributed by atoms with Crippen molar-refractivity contribution in [3.63, 3.8) is 0 Å². The van der Waals surface area contributed by atoms with Crippen molar-refractivity contribution in [1.29, 1.82) is 0 Å². The van der Waals surface area contributed by atoms with Crippen molar-refractivity contribution in [2.45, 2.75) is 25.3 Å². The van der Waals surface area contributed by atoms with E-state index in [-0.39, 0.29) is 24.3 Å². The van der Waals surface area contributed by atoms with Crippen molar-refractivity contribution < 1.29 is 14.4 Å². The third-order valence-corrected chi connectivity index (χ3v) is 3.90. The molecular formula is C18H19N3O3. The number of allylic oxidation sites excluding steroid dienone is 4. The van der Waals surface area contributed by atoms with Gasteiger partial charge in [-0.2, -0.15) is 4.98 Å². The molecule has 2 aromatic rings. The first-order valence-corrected chi connectivity index (χ1v) is 7.82. The number of carbonyl (C=O) groups excluding carboxylic acids is 1. The molecule has 3 rings (SSSR count). The van der Waals surface area contributed by atoms with E-state index < -0.39 is 6.04 Å². The molecule has 24 heavy (non-hydrogen) atoms. The highest BCUT2D eigenvalue weighted by molar-refractivity contribution is 5.94. The van der Waals surface area contributed by atoms with E-state index >= 15 is 0 Å². The Balaban J connectivity index is 1.70. The number of rotatable bonds is 5. The number of nitrogens with one attached hydrogen (secondary N) is 1. The molecule has 0 aliphatic heterocycles. The molecule has 1 aliphatic rings. The first-order chi connectivity index (χ1) is 11.7. The molecule has 0 saturated carbocycles. The zero-order valence-electron chi connectivity index (χ0n) is 13.3. The summed E-state index contributed by atoms with van der Waals surface area (Å²) in [6, 6.07) is 8.05. The fraction of sp³-hybridized carbons (Fsp3) is 0.278. The summed E-state index contributed by atoms with van der Waals surface area (Å²) in [5, 5.41) is 16.3. The summed E-state index contributed by atoms with van der Waals surface area (Å²) < 4.78 is 5.24. The quantitative estimate of drug-likeness (QED) is 0.882. The molecule has 2 atom stereocenters. The second kappa shape index (κ2) is 7.23. The molecule has 1 aromatic carbocycles. The van der Waals surface area contributed by atoms with E-state index in [4.69, 9.17) is 4.52 Å². The molecule has 6 heteroatoms. The third-order valence-electron chi connectivity index (χ3n) is 3.90. The van der Waals surface area contributed by atoms with E-state index in [1.54, 1.807) is 24.3 Å². The summed E-state index contributed by atoms with van der Waals surface area (Å²) >= 11 is 0. The van der Waals surface area contributed by atoms with Crippen molar-refractivity contribution in [3.05, 3.63) is 71.4 Å². The molecular weight excluding hydrogens is 306 g/mol. The molecule has 0 radical (unpaired) electrons. The molecule has 0 bridgehead atoms. The van der Waals surface area contributed by atoms with Gasteiger partial charge in [0.1, 0.15) is 6.04 Å². The molecule has 0 fully saturated rings. The van der Waals surface area contributed by atoms with Crippen LogP contribution in [0.1, 0.15) is 47.4 Å². The Hall–Kier alpha value is -2.73. The van der Waals surface area contributed by atoms with Crippen LogP contribution in [-0.2, 0) is 0 Å². The first kappa shape index (κ1) is 16.1. The Kier molecular flexibility index (Phi) is 4.86. The largest absolute Gasteiger partial charge is 0.394 e. The Morgan fingerprint density at radius 3 is 2.88 bits per heavy atom. The van der Waals surface area contributed by atoms with Gasteiger partial charge in [-0.15, -0.1) is 0 Å². The molecule has 2 N–H and O–H groups in total. The summed E-state index contributed by atoms with van der Waals surface area (Å²) in [4.78, 5) is 16.5. The number of amides is 1. The lowest BCUT2D eigenvalue weighted by Gasteiger charge is -2.12. The fourth-order valence-electron chi connectivity index (χ4n) is 2.47. The van der Waals surface area contributed by atoms with Gasteiger partial charge in [0, 0.05) is 11.5 Å². The zero-order valence-corrected chi connectivity index (χ0v) is 13.3. The Bertz CT molecular complexity index is 765. The lowest BCUT2D eigenvalue weighted by Crippen LogP contribution is -2.31. The minimum atomic E-state index is -0.733. The summed E-state index contributed by atoms with van der Waals surface area (Å²) in [7, 11) is 0. The van der Waals surface area contributed by atoms with E-state index in [0.717, 1.165) is 6.42 Å². The third kappa shape index (κ3) is 3.60. The van der Waals surface area contributed by atoms with Gasteiger partial charge < -0.3 is 14.9 Å². The Labute approximate surface area is 139 Å². The van der Waals surface area contributed by atoms with Crippen LogP contribution in [-0.4, -0.2) is 27.8 Å². The molecule has 1 aliphatic carbocycles. The molecule has 1 amide bonds. The van der Waals surface area contributed by atoms with Crippen molar-refractivity contribution in [2.24, 2.45) is 0 Å². The van der Waals surface area contributed by atoms with Crippen LogP contribution in [0.4, 0.5) is 0 Å². The smallest absolute Gasteiger partial charge is 0.251 e. The summed E-state index contributed by atoms with van der Waals surface area (Å²) in [5.41, 5.74) is 1.71. The van der Waals surface area contributed by atoms with Gasteiger partial charge in [-0.1, -0.05) is 47.2 Å². The van der Waals surface area contributed by atoms with Gasteiger partial charge in [0.15, 0.2) is 5.82 Å². The number of hydrogen-bond acceptors (Lipinski definition) is 5. The maximum Gasteiger partial charge on any atom is 0.251 e. The number of aliphatic hydroxyl groups is 1. The molecule has 0 spiro atoms. The van der Waals surface area contributed by atoms with Crippen LogP contribution in [0.15, 0.2) is 58.7 Å². The number of aromatic nitrogens is 2. The van der Waals surface area contributed by atoms with E-state index in [1.165, 1.54) is 5.57 Å². The van der Waals surface area contributed by atoms with Crippen molar-refractivity contribution >= 4 is 5.91 Å². The monoisotopic (exact) mass is 325 g/mol. The second-order valence-electron chi connectivity index (χ2n) is 5.71. The Morgan fingerprint density at radius 2 is 2.21 bits per heavy atom. The zero-order chi connectivity index (χ0) is 16.9. The fourth-order valence-corrected chi connectivity index (χ4v) is 2.47. The van der Waals surface area contributed by atoms with Crippen LogP contribution in [0, 0.1) is 0 Å². The number of aliphatic hydroxyl groups excluding tert-OH is 1. The van der Waals surface area contributed by atoms with Crippen molar-refractivity contribution in [2.75, 3.05) is 6.61 Å². The van der Waals surface area contributed by atoms with Crippen LogP contribution < -0.4 is 5.32 Å². The summed E-state index contributed by atoms with van der Waals surface area (Å²) in [5.74, 6) is 0.509. The van der Waals surface area contributed by atoms with E-state index in [9.17, 15) is 9.90 Å². The minimum absolute atomic E-state index is 0.0513. The van der Waals surface area contributed by atoms with Gasteiger partial charge in [-0.05, 0) is 25.5 Å². The normalized spacial score (nSPS) is 18.1. The molecule has 1 heterocycles. The number of hydrogen-bond donors (Lipinski definition) is 2. The van der Waals surface area contributed by atoms with E-state index in [2.05, 4.69) is 21.5 Å². The van der Waals surface area contributed by atoms with Gasteiger partial charge in [0.05, 0.1) is 6.61 Å². The van der Waals surface area contributed by atoms with Crippen LogP contribution >= 0.6 is 0 Å². The maximum atomic E-state index is 12.2. The lowest BCUT2D eigenvalue weighted by molar-refractivity contribution is 0.0901. The lowest BCUT2D eigenvalue weighted by atomic mass is 9.97. The standard InChI is InChI=1S/C18H19N3O3/c1-12-7-9-13(10-8-12)16-20-18(24-21-16)15(11-22)19-17(23)14-5-3-2-4-6-14/h2-9,13,15,22H,10-11H2,1H3,(H,19,23)/t13?,15-/m0/s1. The molecule has 124 valence electrons. The predicted molar refractivity (Wildman–Crippen MR) is 88.3 cm³/mol. The van der Waals surface area contributed by atoms with Crippen LogP contribution in [0.2, 0.25) is 0 Å². The molecule has 1 aromatic heterocycles. The molecule has 1 unspecified atom stereocenters. The van der Waals surface area contributed by atoms with Gasteiger partial charge in [-0.3, -0.25) is 4.79 Å². The molecule has 0 saturated heterocycles. The van der Waals surface area contributed by atoms with Crippen LogP contribution in [0.3, 0.4) is 0 Å². The Morgan fingerprint density at radius 1 is 1.42 bits per heavy atom. The van der Waals surface area contributed by atoms with Gasteiger partial charge in [-0.25, -0.2) is 0 Å². The van der Waals surface area contributed by atoms with Crippen LogP contribution in [0.25, 0.3) is 0 Å². The minimum Gasteiger partial charge on any atom is -0.394 e. The number of nitrogens with zero attached hydrogens (tertiary/aromatic N) is 2. The highest BCUT2D eigenvalue weighted by Gasteiger charge is 2.23. The second-order valence-corrected chi connectivity index (χ2v) is 5.71. The van der Waals surface area contributed by atoms with Crippen molar-refractivity contribution in [3.8, 4) is 0 Å². The summed E-state index contributed by atoms with van der Waals surface area (Å²) in [6.07, 6.45) is 6.97. The van der Waals surface area contributed by atoms with Gasteiger partial charge in [0.2, 0.25) is 0 Å². The topological polar surface area (TPSA) is 88.3 Å². The van der Waals surface area contributed by atoms with E-state index in [1.807, 2.05) is 25.1 Å². The highest BCUT2D eigenvalue weighted by atomic mass is 16.5. The van der Waals surface area contributed by atoms with Gasteiger partial charge in [0.25, 0.3) is 11.8 Å². The molecule has 6 nitrogen and oxygen atoms in total. The average Bonchev–Trinajstić information content (AvgIpc) is 3.10. The maximum absolute atomic E-state index is 12.2. The SMILES string of the molecule is CC1=CCC(c2noc([C@H](CO)NC(=O)c3ccccc3)n2)C=C1.